The van der Waals surface area contributed by atoms with Crippen molar-refractivity contribution in [2.75, 3.05) is 18.4 Å². The summed E-state index contributed by atoms with van der Waals surface area (Å²) in [5.41, 5.74) is 5.36. The minimum Gasteiger partial charge on any atom is -0.334 e. The van der Waals surface area contributed by atoms with Crippen LogP contribution < -0.4 is 5.32 Å². The van der Waals surface area contributed by atoms with Gasteiger partial charge in [0.15, 0.2) is 5.82 Å². The second-order valence-corrected chi connectivity index (χ2v) is 8.17. The lowest BCUT2D eigenvalue weighted by molar-refractivity contribution is -0.121. The minimum absolute atomic E-state index is 0.0366. The molecule has 0 aliphatic carbocycles. The van der Waals surface area contributed by atoms with Gasteiger partial charge in [-0.05, 0) is 76.0 Å². The van der Waals surface area contributed by atoms with E-state index < -0.39 is 0 Å². The lowest BCUT2D eigenvalue weighted by Gasteiger charge is -2.30. The fourth-order valence-corrected chi connectivity index (χ4v) is 3.81. The normalized spacial score (nSPS) is 15.3. The Labute approximate surface area is 177 Å². The monoisotopic (exact) mass is 404 g/mol. The molecule has 0 bridgehead atoms. The maximum atomic E-state index is 12.7. The van der Waals surface area contributed by atoms with Crippen LogP contribution in [0, 0.1) is 26.7 Å². The number of carbonyl (C=O) groups excluding carboxylic acids is 1. The van der Waals surface area contributed by atoms with Crippen molar-refractivity contribution >= 4 is 11.6 Å². The van der Waals surface area contributed by atoms with Crippen molar-refractivity contribution in [2.24, 2.45) is 5.92 Å². The summed E-state index contributed by atoms with van der Waals surface area (Å²) in [6, 6.07) is 14.1. The van der Waals surface area contributed by atoms with E-state index in [9.17, 15) is 4.79 Å². The summed E-state index contributed by atoms with van der Waals surface area (Å²) in [6.07, 6.45) is 1.67. The van der Waals surface area contributed by atoms with E-state index in [0.29, 0.717) is 18.3 Å². The molecule has 0 atom stereocenters. The van der Waals surface area contributed by atoms with Crippen LogP contribution in [0.25, 0.3) is 11.5 Å². The van der Waals surface area contributed by atoms with Gasteiger partial charge < -0.3 is 9.84 Å². The molecule has 30 heavy (non-hydrogen) atoms. The Morgan fingerprint density at radius 3 is 2.57 bits per heavy atom. The topological polar surface area (TPSA) is 71.3 Å². The number of anilines is 1. The lowest BCUT2D eigenvalue weighted by Crippen LogP contribution is -2.38. The summed E-state index contributed by atoms with van der Waals surface area (Å²) in [5.74, 6) is 1.38. The Bertz CT molecular complexity index is 1020. The van der Waals surface area contributed by atoms with Gasteiger partial charge in [0, 0.05) is 17.2 Å². The van der Waals surface area contributed by atoms with Crippen molar-refractivity contribution in [3.8, 4) is 11.5 Å². The first-order valence-electron chi connectivity index (χ1n) is 10.5. The predicted molar refractivity (Wildman–Crippen MR) is 117 cm³/mol. The smallest absolute Gasteiger partial charge is 0.257 e. The molecule has 0 unspecified atom stereocenters. The standard InChI is InChI=1S/C24H28N4O2/c1-16-7-9-20(10-8-16)24-26-22(27-30-24)15-28-13-11-19(12-14-28)23(29)25-21-6-4-5-17(2)18(21)3/h4-10,19H,11-15H2,1-3H3,(H,25,29). The molecule has 0 radical (unpaired) electrons. The van der Waals surface area contributed by atoms with Crippen molar-refractivity contribution in [3.05, 3.63) is 65.0 Å². The van der Waals surface area contributed by atoms with E-state index in [-0.39, 0.29) is 11.8 Å². The first-order chi connectivity index (χ1) is 14.5. The van der Waals surface area contributed by atoms with Gasteiger partial charge in [-0.3, -0.25) is 9.69 Å². The number of aromatic nitrogens is 2. The number of likely N-dealkylation sites (tertiary alicyclic amines) is 1. The van der Waals surface area contributed by atoms with Gasteiger partial charge in [0.2, 0.25) is 5.91 Å². The van der Waals surface area contributed by atoms with E-state index in [4.69, 9.17) is 4.52 Å². The second-order valence-electron chi connectivity index (χ2n) is 8.17. The van der Waals surface area contributed by atoms with Crippen molar-refractivity contribution in [1.82, 2.24) is 15.0 Å². The van der Waals surface area contributed by atoms with Crippen LogP contribution in [0.1, 0.15) is 35.4 Å². The first kappa shape index (κ1) is 20.3. The summed E-state index contributed by atoms with van der Waals surface area (Å²) in [4.78, 5) is 19.5. The Morgan fingerprint density at radius 2 is 1.83 bits per heavy atom. The molecule has 1 N–H and O–H groups in total. The maximum Gasteiger partial charge on any atom is 0.257 e. The third-order valence-electron chi connectivity index (χ3n) is 5.95. The highest BCUT2D eigenvalue weighted by molar-refractivity contribution is 5.93. The van der Waals surface area contributed by atoms with E-state index in [1.165, 1.54) is 11.1 Å². The Morgan fingerprint density at radius 1 is 1.10 bits per heavy atom. The SMILES string of the molecule is Cc1ccc(-c2nc(CN3CCC(C(=O)Nc4cccc(C)c4C)CC3)no2)cc1. The van der Waals surface area contributed by atoms with Crippen LogP contribution >= 0.6 is 0 Å². The zero-order valence-electron chi connectivity index (χ0n) is 17.8. The van der Waals surface area contributed by atoms with Gasteiger partial charge in [-0.15, -0.1) is 0 Å². The van der Waals surface area contributed by atoms with Crippen LogP contribution in [0.15, 0.2) is 47.0 Å². The van der Waals surface area contributed by atoms with Gasteiger partial charge in [0.05, 0.1) is 6.54 Å². The molecule has 6 nitrogen and oxygen atoms in total. The average Bonchev–Trinajstić information content (AvgIpc) is 3.21. The number of aryl methyl sites for hydroxylation is 2. The zero-order chi connectivity index (χ0) is 21.1. The van der Waals surface area contributed by atoms with Crippen LogP contribution in [0.3, 0.4) is 0 Å². The number of amides is 1. The van der Waals surface area contributed by atoms with Crippen molar-refractivity contribution in [1.29, 1.82) is 0 Å². The summed E-state index contributed by atoms with van der Waals surface area (Å²) in [6.45, 7) is 8.49. The summed E-state index contributed by atoms with van der Waals surface area (Å²) in [5, 5.41) is 7.24. The molecular formula is C24H28N4O2. The maximum absolute atomic E-state index is 12.7. The molecule has 3 aromatic rings. The molecule has 0 saturated carbocycles. The molecule has 4 rings (SSSR count). The molecule has 1 amide bonds. The summed E-state index contributed by atoms with van der Waals surface area (Å²) in [7, 11) is 0. The number of piperidine rings is 1. The van der Waals surface area contributed by atoms with Crippen LogP contribution in [0.5, 0.6) is 0 Å². The molecule has 1 aliphatic rings. The highest BCUT2D eigenvalue weighted by atomic mass is 16.5. The largest absolute Gasteiger partial charge is 0.334 e. The van der Waals surface area contributed by atoms with Gasteiger partial charge in [-0.1, -0.05) is 35.0 Å². The molecule has 2 aromatic carbocycles. The van der Waals surface area contributed by atoms with Crippen LogP contribution in [-0.2, 0) is 11.3 Å². The number of rotatable bonds is 5. The van der Waals surface area contributed by atoms with Crippen LogP contribution in [0.2, 0.25) is 0 Å². The highest BCUT2D eigenvalue weighted by Gasteiger charge is 2.26. The molecule has 1 aromatic heterocycles. The third kappa shape index (κ3) is 4.60. The fourth-order valence-electron chi connectivity index (χ4n) is 3.81. The summed E-state index contributed by atoms with van der Waals surface area (Å²) >= 11 is 0. The van der Waals surface area contributed by atoms with E-state index >= 15 is 0 Å². The molecule has 1 aliphatic heterocycles. The van der Waals surface area contributed by atoms with Crippen molar-refractivity contribution in [2.45, 2.75) is 40.2 Å². The van der Waals surface area contributed by atoms with Crippen molar-refractivity contribution < 1.29 is 9.32 Å². The number of hydrogen-bond donors (Lipinski definition) is 1. The van der Waals surface area contributed by atoms with Crippen LogP contribution in [-0.4, -0.2) is 34.0 Å². The Balaban J connectivity index is 1.30. The Hall–Kier alpha value is -2.99. The third-order valence-corrected chi connectivity index (χ3v) is 5.95. The zero-order valence-corrected chi connectivity index (χ0v) is 17.8. The first-order valence-corrected chi connectivity index (χ1v) is 10.5. The number of nitrogens with zero attached hydrogens (tertiary/aromatic N) is 3. The number of benzene rings is 2. The highest BCUT2D eigenvalue weighted by Crippen LogP contribution is 2.24. The number of nitrogens with one attached hydrogen (secondary N) is 1. The predicted octanol–water partition coefficient (Wildman–Crippen LogP) is 4.51. The van der Waals surface area contributed by atoms with Gasteiger partial charge in [-0.25, -0.2) is 0 Å². The molecule has 0 spiro atoms. The quantitative estimate of drug-likeness (QED) is 0.677. The van der Waals surface area contributed by atoms with Gasteiger partial charge in [-0.2, -0.15) is 4.98 Å². The van der Waals surface area contributed by atoms with Crippen LogP contribution in [0.4, 0.5) is 5.69 Å². The molecular weight excluding hydrogens is 376 g/mol. The fraction of sp³-hybridized carbons (Fsp3) is 0.375. The average molecular weight is 405 g/mol. The number of hydrogen-bond acceptors (Lipinski definition) is 5. The summed E-state index contributed by atoms with van der Waals surface area (Å²) < 4.78 is 5.43. The second kappa shape index (κ2) is 8.79. The molecule has 1 fully saturated rings. The minimum atomic E-state index is 0.0366. The van der Waals surface area contributed by atoms with E-state index in [1.54, 1.807) is 0 Å². The van der Waals surface area contributed by atoms with Gasteiger partial charge >= 0.3 is 0 Å². The van der Waals surface area contributed by atoms with E-state index in [1.807, 2.05) is 43.3 Å². The molecule has 156 valence electrons. The molecule has 2 heterocycles. The van der Waals surface area contributed by atoms with Gasteiger partial charge in [0.1, 0.15) is 0 Å². The Kier molecular flexibility index (Phi) is 5.95. The van der Waals surface area contributed by atoms with Gasteiger partial charge in [0.25, 0.3) is 5.89 Å². The number of carbonyl (C=O) groups is 1. The van der Waals surface area contributed by atoms with Crippen molar-refractivity contribution in [3.63, 3.8) is 0 Å². The molecule has 1 saturated heterocycles. The van der Waals surface area contributed by atoms with E-state index in [0.717, 1.165) is 42.7 Å². The lowest BCUT2D eigenvalue weighted by atomic mass is 9.95. The molecule has 6 heteroatoms. The van der Waals surface area contributed by atoms with E-state index in [2.05, 4.69) is 40.3 Å².